The molecule has 0 fully saturated rings. The van der Waals surface area contributed by atoms with E-state index in [-0.39, 0.29) is 30.8 Å². The van der Waals surface area contributed by atoms with Gasteiger partial charge in [-0.2, -0.15) is 0 Å². The molecule has 1 heterocycles. The number of fused-ring (bicyclic) bond motifs is 1. The molecule has 0 aliphatic carbocycles. The molecule has 158 valence electrons. The first kappa shape index (κ1) is 20.9. The Bertz CT molecular complexity index is 1120. The molecule has 1 aliphatic rings. The summed E-state index contributed by atoms with van der Waals surface area (Å²) >= 11 is 5.89. The van der Waals surface area contributed by atoms with Crippen LogP contribution in [0.15, 0.2) is 66.7 Å². The number of carbonyl (C=O) groups excluding carboxylic acids is 2. The highest BCUT2D eigenvalue weighted by Gasteiger charge is 2.33. The maximum Gasteiger partial charge on any atom is 0.261 e. The highest BCUT2D eigenvalue weighted by molar-refractivity contribution is 6.30. The minimum atomic E-state index is -0.573. The summed E-state index contributed by atoms with van der Waals surface area (Å²) in [6.07, 6.45) is 0. The molecule has 7 heteroatoms. The highest BCUT2D eigenvalue weighted by atomic mass is 35.5. The van der Waals surface area contributed by atoms with E-state index in [2.05, 4.69) is 5.32 Å². The van der Waals surface area contributed by atoms with E-state index in [9.17, 15) is 14.0 Å². The second-order valence-electron chi connectivity index (χ2n) is 7.36. The van der Waals surface area contributed by atoms with Gasteiger partial charge in [-0.15, -0.1) is 0 Å². The van der Waals surface area contributed by atoms with E-state index in [1.54, 1.807) is 36.4 Å². The van der Waals surface area contributed by atoms with Crippen molar-refractivity contribution < 1.29 is 18.7 Å². The lowest BCUT2D eigenvalue weighted by atomic mass is 9.94. The van der Waals surface area contributed by atoms with Gasteiger partial charge in [0.1, 0.15) is 18.1 Å². The number of nitrogens with zero attached hydrogens (tertiary/aromatic N) is 1. The minimum Gasteiger partial charge on any atom is -0.484 e. The number of hydrogen-bond donors (Lipinski definition) is 1. The third kappa shape index (κ3) is 4.70. The van der Waals surface area contributed by atoms with E-state index in [4.69, 9.17) is 16.3 Å². The molecule has 0 saturated heterocycles. The number of nitrogens with one attached hydrogen (secondary N) is 1. The minimum absolute atomic E-state index is 0.154. The Balaban J connectivity index is 1.70. The van der Waals surface area contributed by atoms with Gasteiger partial charge in [-0.3, -0.25) is 9.59 Å². The fourth-order valence-corrected chi connectivity index (χ4v) is 3.75. The summed E-state index contributed by atoms with van der Waals surface area (Å²) in [6.45, 7) is 1.52. The van der Waals surface area contributed by atoms with Crippen molar-refractivity contribution in [2.24, 2.45) is 0 Å². The predicted octanol–water partition coefficient (Wildman–Crippen LogP) is 4.74. The van der Waals surface area contributed by atoms with E-state index in [0.29, 0.717) is 22.0 Å². The fraction of sp³-hybridized carbons (Fsp3) is 0.167. The van der Waals surface area contributed by atoms with Crippen LogP contribution in [0.25, 0.3) is 0 Å². The van der Waals surface area contributed by atoms with Crippen LogP contribution in [0.5, 0.6) is 5.75 Å². The number of rotatable bonds is 4. The van der Waals surface area contributed by atoms with Crippen LogP contribution in [0, 0.1) is 12.7 Å². The first-order valence-electron chi connectivity index (χ1n) is 9.74. The van der Waals surface area contributed by atoms with Gasteiger partial charge in [0.05, 0.1) is 6.04 Å². The monoisotopic (exact) mass is 438 g/mol. The fourth-order valence-electron chi connectivity index (χ4n) is 3.62. The van der Waals surface area contributed by atoms with Crippen molar-refractivity contribution in [2.75, 3.05) is 18.5 Å². The van der Waals surface area contributed by atoms with Gasteiger partial charge in [-0.25, -0.2) is 4.39 Å². The number of hydrogen-bond acceptors (Lipinski definition) is 3. The molecule has 4 rings (SSSR count). The Morgan fingerprint density at radius 1 is 1.13 bits per heavy atom. The van der Waals surface area contributed by atoms with E-state index >= 15 is 0 Å². The van der Waals surface area contributed by atoms with Crippen molar-refractivity contribution in [3.63, 3.8) is 0 Å². The lowest BCUT2D eigenvalue weighted by Gasteiger charge is -2.30. The molecule has 0 bridgehead atoms. The van der Waals surface area contributed by atoms with Crippen LogP contribution < -0.4 is 10.1 Å². The van der Waals surface area contributed by atoms with Crippen LogP contribution in [0.1, 0.15) is 22.7 Å². The van der Waals surface area contributed by atoms with Crippen LogP contribution in [0.3, 0.4) is 0 Å². The molecular formula is C24H20ClFN2O3. The zero-order chi connectivity index (χ0) is 22.0. The Kier molecular flexibility index (Phi) is 5.91. The van der Waals surface area contributed by atoms with Crippen molar-refractivity contribution in [1.82, 2.24) is 4.90 Å². The molecule has 2 amide bonds. The van der Waals surface area contributed by atoms with E-state index in [0.717, 1.165) is 11.1 Å². The summed E-state index contributed by atoms with van der Waals surface area (Å²) in [7, 11) is 0. The molecule has 1 aliphatic heterocycles. The number of ether oxygens (including phenoxy) is 1. The van der Waals surface area contributed by atoms with Crippen molar-refractivity contribution in [3.05, 3.63) is 94.3 Å². The topological polar surface area (TPSA) is 58.6 Å². The smallest absolute Gasteiger partial charge is 0.261 e. The molecule has 1 unspecified atom stereocenters. The number of anilines is 1. The van der Waals surface area contributed by atoms with E-state index < -0.39 is 6.04 Å². The van der Waals surface area contributed by atoms with Gasteiger partial charge in [-0.1, -0.05) is 41.4 Å². The summed E-state index contributed by atoms with van der Waals surface area (Å²) < 4.78 is 19.2. The Morgan fingerprint density at radius 3 is 2.55 bits per heavy atom. The quantitative estimate of drug-likeness (QED) is 0.640. The van der Waals surface area contributed by atoms with E-state index in [1.807, 2.05) is 25.1 Å². The molecule has 31 heavy (non-hydrogen) atoms. The zero-order valence-electron chi connectivity index (χ0n) is 16.8. The SMILES string of the molecule is Cc1ccc2c(c1)C(c1ccc(F)cc1)N(C(=O)COc1ccc(Cl)cc1)CC(=O)N2. The number of aryl methyl sites for hydroxylation is 1. The van der Waals surface area contributed by atoms with Crippen LogP contribution in [-0.4, -0.2) is 29.9 Å². The van der Waals surface area contributed by atoms with Crippen LogP contribution in [0.4, 0.5) is 10.1 Å². The lowest BCUT2D eigenvalue weighted by molar-refractivity contribution is -0.138. The Hall–Kier alpha value is -3.38. The van der Waals surface area contributed by atoms with Gasteiger partial charge in [0, 0.05) is 16.3 Å². The molecule has 0 radical (unpaired) electrons. The zero-order valence-corrected chi connectivity index (χ0v) is 17.5. The molecule has 0 aromatic heterocycles. The first-order valence-corrected chi connectivity index (χ1v) is 10.1. The second-order valence-corrected chi connectivity index (χ2v) is 7.79. The summed E-state index contributed by atoms with van der Waals surface area (Å²) in [5, 5.41) is 3.42. The number of halogens is 2. The molecule has 0 saturated carbocycles. The van der Waals surface area contributed by atoms with E-state index in [1.165, 1.54) is 17.0 Å². The Labute approximate surface area is 184 Å². The predicted molar refractivity (Wildman–Crippen MR) is 117 cm³/mol. The Morgan fingerprint density at radius 2 is 1.84 bits per heavy atom. The molecule has 0 spiro atoms. The third-order valence-electron chi connectivity index (χ3n) is 5.08. The number of carbonyl (C=O) groups is 2. The van der Waals surface area contributed by atoms with Crippen molar-refractivity contribution in [1.29, 1.82) is 0 Å². The molecular weight excluding hydrogens is 419 g/mol. The number of benzene rings is 3. The van der Waals surface area contributed by atoms with Crippen LogP contribution >= 0.6 is 11.6 Å². The number of amides is 2. The maximum absolute atomic E-state index is 13.6. The average Bonchev–Trinajstić information content (AvgIpc) is 2.89. The molecule has 3 aromatic carbocycles. The highest BCUT2D eigenvalue weighted by Crippen LogP contribution is 2.36. The van der Waals surface area contributed by atoms with Crippen molar-refractivity contribution >= 4 is 29.1 Å². The van der Waals surface area contributed by atoms with Gasteiger partial charge in [0.25, 0.3) is 5.91 Å². The van der Waals surface area contributed by atoms with Crippen LogP contribution in [-0.2, 0) is 9.59 Å². The standard InChI is InChI=1S/C24H20ClFN2O3/c1-15-2-11-21-20(12-15)24(16-3-7-18(26)8-4-16)28(13-22(29)27-21)23(30)14-31-19-9-5-17(25)6-10-19/h2-12,24H,13-14H2,1H3,(H,27,29). The summed E-state index contributed by atoms with van der Waals surface area (Å²) in [4.78, 5) is 27.2. The molecule has 1 atom stereocenters. The third-order valence-corrected chi connectivity index (χ3v) is 5.34. The second kappa shape index (κ2) is 8.78. The average molecular weight is 439 g/mol. The largest absolute Gasteiger partial charge is 0.484 e. The lowest BCUT2D eigenvalue weighted by Crippen LogP contribution is -2.41. The summed E-state index contributed by atoms with van der Waals surface area (Å²) in [5.41, 5.74) is 3.06. The van der Waals surface area contributed by atoms with Gasteiger partial charge >= 0.3 is 0 Å². The van der Waals surface area contributed by atoms with Gasteiger partial charge in [-0.05, 0) is 55.0 Å². The van der Waals surface area contributed by atoms with Gasteiger partial charge < -0.3 is 15.0 Å². The molecule has 1 N–H and O–H groups in total. The van der Waals surface area contributed by atoms with Crippen LogP contribution in [0.2, 0.25) is 5.02 Å². The van der Waals surface area contributed by atoms with Gasteiger partial charge in [0.15, 0.2) is 6.61 Å². The normalized spacial score (nSPS) is 15.6. The van der Waals surface area contributed by atoms with Crippen molar-refractivity contribution in [3.8, 4) is 5.75 Å². The summed E-state index contributed by atoms with van der Waals surface area (Å²) in [6, 6.07) is 17.7. The maximum atomic E-state index is 13.6. The molecule has 3 aromatic rings. The van der Waals surface area contributed by atoms with Gasteiger partial charge in [0.2, 0.25) is 5.91 Å². The van der Waals surface area contributed by atoms with Crippen molar-refractivity contribution in [2.45, 2.75) is 13.0 Å². The first-order chi connectivity index (χ1) is 14.9. The molecule has 5 nitrogen and oxygen atoms in total. The summed E-state index contributed by atoms with van der Waals surface area (Å²) in [5.74, 6) is -0.560.